The lowest BCUT2D eigenvalue weighted by Crippen LogP contribution is -2.30. The van der Waals surface area contributed by atoms with Crippen LogP contribution in [0.5, 0.6) is 0 Å². The van der Waals surface area contributed by atoms with E-state index in [4.69, 9.17) is 15.7 Å². The van der Waals surface area contributed by atoms with Crippen molar-refractivity contribution in [2.75, 3.05) is 18.9 Å². The number of nitrogens with zero attached hydrogens (tertiary/aromatic N) is 1. The number of hydrogen-bond donors (Lipinski definition) is 4. The molecule has 1 aliphatic carbocycles. The Morgan fingerprint density at radius 2 is 1.70 bits per heavy atom. The molecule has 4 rings (SSSR count). The van der Waals surface area contributed by atoms with Gasteiger partial charge < -0.3 is 26.0 Å². The predicted molar refractivity (Wildman–Crippen MR) is 124 cm³/mol. The molecule has 3 aromatic rings. The van der Waals surface area contributed by atoms with Gasteiger partial charge in [0.05, 0.1) is 11.7 Å². The number of benzene rings is 3. The van der Waals surface area contributed by atoms with E-state index in [-0.39, 0.29) is 31.1 Å². The summed E-state index contributed by atoms with van der Waals surface area (Å²) in [5.41, 5.74) is 11.2. The van der Waals surface area contributed by atoms with Crippen LogP contribution in [0.3, 0.4) is 0 Å². The van der Waals surface area contributed by atoms with Crippen LogP contribution in [0.1, 0.15) is 40.7 Å². The first-order valence-corrected chi connectivity index (χ1v) is 10.7. The van der Waals surface area contributed by atoms with Gasteiger partial charge in [0.1, 0.15) is 18.8 Å². The van der Waals surface area contributed by atoms with Crippen LogP contribution < -0.4 is 11.1 Å². The van der Waals surface area contributed by atoms with Crippen LogP contribution in [0.25, 0.3) is 11.1 Å². The summed E-state index contributed by atoms with van der Waals surface area (Å²) in [6.07, 6.45) is -2.81. The molecule has 33 heavy (non-hydrogen) atoms. The monoisotopic (exact) mass is 443 g/mol. The fourth-order valence-corrected chi connectivity index (χ4v) is 4.21. The van der Waals surface area contributed by atoms with Crippen molar-refractivity contribution in [1.29, 1.82) is 5.26 Å². The van der Waals surface area contributed by atoms with E-state index >= 15 is 0 Å². The van der Waals surface area contributed by atoms with E-state index in [0.29, 0.717) is 11.3 Å². The Bertz CT molecular complexity index is 1160. The van der Waals surface area contributed by atoms with Crippen LogP contribution in [0.2, 0.25) is 0 Å². The zero-order valence-corrected chi connectivity index (χ0v) is 17.9. The van der Waals surface area contributed by atoms with E-state index in [9.17, 15) is 15.0 Å². The van der Waals surface area contributed by atoms with Gasteiger partial charge in [0.2, 0.25) is 0 Å². The minimum atomic E-state index is -1.21. The SMILES string of the molecule is N#Cc1cc(C(O)C(O)CCNC(=O)OCC2c3ccccc3-c3ccccc32)ccc1N. The van der Waals surface area contributed by atoms with Crippen LogP contribution in [-0.4, -0.2) is 35.6 Å². The van der Waals surface area contributed by atoms with Gasteiger partial charge in [-0.3, -0.25) is 0 Å². The highest BCUT2D eigenvalue weighted by atomic mass is 16.5. The van der Waals surface area contributed by atoms with Crippen LogP contribution in [0.4, 0.5) is 10.5 Å². The second-order valence-electron chi connectivity index (χ2n) is 8.01. The van der Waals surface area contributed by atoms with Crippen molar-refractivity contribution < 1.29 is 19.7 Å². The summed E-state index contributed by atoms with van der Waals surface area (Å²) in [6, 6.07) is 22.7. The van der Waals surface area contributed by atoms with Crippen molar-refractivity contribution in [1.82, 2.24) is 5.32 Å². The first kappa shape index (κ1) is 22.3. The molecular formula is C26H25N3O4. The third kappa shape index (κ3) is 4.67. The fourth-order valence-electron chi connectivity index (χ4n) is 4.21. The lowest BCUT2D eigenvalue weighted by Gasteiger charge is -2.19. The molecule has 0 fully saturated rings. The lowest BCUT2D eigenvalue weighted by molar-refractivity contribution is 0.0136. The summed E-state index contributed by atoms with van der Waals surface area (Å²) < 4.78 is 5.47. The molecule has 7 nitrogen and oxygen atoms in total. The molecule has 0 aliphatic heterocycles. The minimum Gasteiger partial charge on any atom is -0.449 e. The highest BCUT2D eigenvalue weighted by Crippen LogP contribution is 2.44. The third-order valence-corrected chi connectivity index (χ3v) is 5.96. The standard InChI is InChI=1S/C26H25N3O4/c27-14-17-13-16(9-10-23(17)28)25(31)24(30)11-12-29-26(32)33-15-22-20-7-3-1-5-18(20)19-6-2-4-8-21(19)22/h1-10,13,22,24-25,30-31H,11-12,15,28H2,(H,29,32). The Labute approximate surface area is 192 Å². The van der Waals surface area contributed by atoms with Gasteiger partial charge in [-0.2, -0.15) is 5.26 Å². The normalized spacial score (nSPS) is 14.0. The minimum absolute atomic E-state index is 0.0320. The summed E-state index contributed by atoms with van der Waals surface area (Å²) in [5.74, 6) is -0.0320. The molecular weight excluding hydrogens is 418 g/mol. The number of ether oxygens (including phenoxy) is 1. The number of carbonyl (C=O) groups excluding carboxylic acids is 1. The number of fused-ring (bicyclic) bond motifs is 3. The highest BCUT2D eigenvalue weighted by Gasteiger charge is 2.29. The largest absolute Gasteiger partial charge is 0.449 e. The van der Waals surface area contributed by atoms with Gasteiger partial charge >= 0.3 is 6.09 Å². The molecule has 1 amide bonds. The maximum atomic E-state index is 12.2. The molecule has 0 saturated heterocycles. The zero-order valence-electron chi connectivity index (χ0n) is 17.9. The number of amides is 1. The molecule has 0 radical (unpaired) electrons. The van der Waals surface area contributed by atoms with Crippen LogP contribution in [0.15, 0.2) is 66.7 Å². The van der Waals surface area contributed by atoms with Gasteiger partial charge in [-0.05, 0) is 46.4 Å². The van der Waals surface area contributed by atoms with Crippen LogP contribution in [0, 0.1) is 11.3 Å². The third-order valence-electron chi connectivity index (χ3n) is 5.96. The Hall–Kier alpha value is -3.86. The summed E-state index contributed by atoms with van der Waals surface area (Å²) in [6.45, 7) is 0.322. The maximum absolute atomic E-state index is 12.2. The van der Waals surface area contributed by atoms with Gasteiger partial charge in [-0.25, -0.2) is 4.79 Å². The second kappa shape index (κ2) is 9.74. The molecule has 0 heterocycles. The molecule has 0 spiro atoms. The first-order valence-electron chi connectivity index (χ1n) is 10.7. The number of nitrogens with two attached hydrogens (primary N) is 1. The van der Waals surface area contributed by atoms with Crippen molar-refractivity contribution in [2.24, 2.45) is 0 Å². The van der Waals surface area contributed by atoms with Crippen molar-refractivity contribution in [2.45, 2.75) is 24.5 Å². The molecule has 0 bridgehead atoms. The molecule has 1 aliphatic rings. The number of carbonyl (C=O) groups is 1. The number of hydrogen-bond acceptors (Lipinski definition) is 6. The molecule has 5 N–H and O–H groups in total. The number of aliphatic hydroxyl groups excluding tert-OH is 2. The smallest absolute Gasteiger partial charge is 0.407 e. The van der Waals surface area contributed by atoms with Gasteiger partial charge in [0.15, 0.2) is 0 Å². The Morgan fingerprint density at radius 1 is 1.06 bits per heavy atom. The van der Waals surface area contributed by atoms with Crippen LogP contribution >= 0.6 is 0 Å². The number of alkyl carbamates (subject to hydrolysis) is 1. The van der Waals surface area contributed by atoms with E-state index in [1.165, 1.54) is 12.1 Å². The molecule has 7 heteroatoms. The van der Waals surface area contributed by atoms with Crippen LogP contribution in [-0.2, 0) is 4.74 Å². The summed E-state index contributed by atoms with van der Waals surface area (Å²) in [7, 11) is 0. The molecule has 0 aromatic heterocycles. The van der Waals surface area contributed by atoms with E-state index < -0.39 is 18.3 Å². The quantitative estimate of drug-likeness (QED) is 0.414. The molecule has 0 saturated carbocycles. The Balaban J connectivity index is 1.29. The van der Waals surface area contributed by atoms with Crippen molar-refractivity contribution in [3.05, 3.63) is 89.0 Å². The summed E-state index contributed by atoms with van der Waals surface area (Å²) in [4.78, 5) is 12.2. The van der Waals surface area contributed by atoms with E-state index in [2.05, 4.69) is 17.4 Å². The highest BCUT2D eigenvalue weighted by molar-refractivity contribution is 5.79. The number of rotatable bonds is 7. The molecule has 168 valence electrons. The average Bonchev–Trinajstić information content (AvgIpc) is 3.16. The molecule has 2 atom stereocenters. The molecule has 2 unspecified atom stereocenters. The van der Waals surface area contributed by atoms with Crippen molar-refractivity contribution >= 4 is 11.8 Å². The Morgan fingerprint density at radius 3 is 2.33 bits per heavy atom. The predicted octanol–water partition coefficient (Wildman–Crippen LogP) is 3.46. The first-order chi connectivity index (χ1) is 16.0. The van der Waals surface area contributed by atoms with E-state index in [1.807, 2.05) is 42.5 Å². The topological polar surface area (TPSA) is 129 Å². The second-order valence-corrected chi connectivity index (χ2v) is 8.01. The lowest BCUT2D eigenvalue weighted by atomic mass is 9.98. The number of anilines is 1. The fraction of sp³-hybridized carbons (Fsp3) is 0.231. The number of nitrogens with one attached hydrogen (secondary N) is 1. The summed E-state index contributed by atoms with van der Waals surface area (Å²) >= 11 is 0. The Kier molecular flexibility index (Phi) is 6.59. The van der Waals surface area contributed by atoms with E-state index in [1.54, 1.807) is 6.07 Å². The van der Waals surface area contributed by atoms with Crippen molar-refractivity contribution in [3.8, 4) is 17.2 Å². The zero-order chi connectivity index (χ0) is 23.4. The number of nitrogen functional groups attached to an aromatic ring is 1. The van der Waals surface area contributed by atoms with Gasteiger partial charge in [-0.1, -0.05) is 54.6 Å². The van der Waals surface area contributed by atoms with Gasteiger partial charge in [-0.15, -0.1) is 0 Å². The molecule has 3 aromatic carbocycles. The van der Waals surface area contributed by atoms with E-state index in [0.717, 1.165) is 22.3 Å². The van der Waals surface area contributed by atoms with Crippen molar-refractivity contribution in [3.63, 3.8) is 0 Å². The summed E-state index contributed by atoms with van der Waals surface area (Å²) in [5, 5.41) is 32.3. The van der Waals surface area contributed by atoms with Gasteiger partial charge in [0.25, 0.3) is 0 Å². The number of nitriles is 1. The average molecular weight is 444 g/mol. The maximum Gasteiger partial charge on any atom is 0.407 e. The number of aliphatic hydroxyl groups is 2. The van der Waals surface area contributed by atoms with Gasteiger partial charge in [0, 0.05) is 18.2 Å².